The summed E-state index contributed by atoms with van der Waals surface area (Å²) in [6.45, 7) is 0. The van der Waals surface area contributed by atoms with E-state index in [4.69, 9.17) is 17.3 Å². The average molecular weight is 293 g/mol. The molecule has 0 radical (unpaired) electrons. The molecule has 0 aliphatic heterocycles. The molecular formula is C10H17ClN4O2S. The van der Waals surface area contributed by atoms with Crippen LogP contribution >= 0.6 is 11.6 Å². The van der Waals surface area contributed by atoms with E-state index in [1.165, 1.54) is 10.9 Å². The molecular weight excluding hydrogens is 276 g/mol. The van der Waals surface area contributed by atoms with E-state index < -0.39 is 10.0 Å². The molecule has 0 saturated heterocycles. The summed E-state index contributed by atoms with van der Waals surface area (Å²) >= 11 is 5.90. The van der Waals surface area contributed by atoms with Crippen LogP contribution in [0.2, 0.25) is 5.15 Å². The number of nitrogens with one attached hydrogen (secondary N) is 1. The zero-order chi connectivity index (χ0) is 13.3. The highest BCUT2D eigenvalue weighted by atomic mass is 35.5. The van der Waals surface area contributed by atoms with E-state index in [0.717, 1.165) is 25.7 Å². The molecule has 1 saturated carbocycles. The number of rotatable bonds is 3. The van der Waals surface area contributed by atoms with Crippen LogP contribution in [0.1, 0.15) is 25.7 Å². The molecule has 1 aromatic rings. The maximum absolute atomic E-state index is 12.1. The van der Waals surface area contributed by atoms with Gasteiger partial charge in [-0.1, -0.05) is 11.6 Å². The molecule has 0 bridgehead atoms. The van der Waals surface area contributed by atoms with Crippen molar-refractivity contribution in [1.82, 2.24) is 14.3 Å². The Bertz CT molecular complexity index is 520. The lowest BCUT2D eigenvalue weighted by Gasteiger charge is -2.26. The average Bonchev–Trinajstić information content (AvgIpc) is 2.63. The molecule has 1 aliphatic carbocycles. The first kappa shape index (κ1) is 13.8. The zero-order valence-corrected chi connectivity index (χ0v) is 11.7. The van der Waals surface area contributed by atoms with Gasteiger partial charge < -0.3 is 10.3 Å². The molecule has 102 valence electrons. The normalized spacial score (nSPS) is 25.3. The van der Waals surface area contributed by atoms with E-state index in [1.54, 1.807) is 7.05 Å². The Morgan fingerprint density at radius 1 is 1.44 bits per heavy atom. The second-order valence-corrected chi connectivity index (χ2v) is 6.67. The van der Waals surface area contributed by atoms with Crippen molar-refractivity contribution < 1.29 is 8.42 Å². The number of hydrogen-bond donors (Lipinski definition) is 2. The standard InChI is InChI=1S/C10H17ClN4O2S/c1-15-6-13-10(9(15)11)18(16,17)14-8-4-2-7(12)3-5-8/h6-8,14H,2-5,12H2,1H3. The van der Waals surface area contributed by atoms with Gasteiger partial charge in [-0.05, 0) is 25.7 Å². The van der Waals surface area contributed by atoms with Gasteiger partial charge in [0.2, 0.25) is 5.03 Å². The minimum Gasteiger partial charge on any atom is -0.328 e. The van der Waals surface area contributed by atoms with Crippen LogP contribution in [0, 0.1) is 0 Å². The van der Waals surface area contributed by atoms with Crippen LogP contribution in [0.15, 0.2) is 11.4 Å². The Morgan fingerprint density at radius 2 is 2.06 bits per heavy atom. The molecule has 1 heterocycles. The second-order valence-electron chi connectivity index (χ2n) is 4.68. The second kappa shape index (κ2) is 5.16. The van der Waals surface area contributed by atoms with E-state index in [1.807, 2.05) is 0 Å². The Balaban J connectivity index is 2.10. The van der Waals surface area contributed by atoms with Gasteiger partial charge >= 0.3 is 0 Å². The van der Waals surface area contributed by atoms with Crippen LogP contribution in [0.3, 0.4) is 0 Å². The first-order valence-corrected chi connectivity index (χ1v) is 7.71. The molecule has 3 N–H and O–H groups in total. The van der Waals surface area contributed by atoms with Crippen molar-refractivity contribution in [2.75, 3.05) is 0 Å². The summed E-state index contributed by atoms with van der Waals surface area (Å²) in [6.07, 6.45) is 4.57. The Morgan fingerprint density at radius 3 is 2.56 bits per heavy atom. The maximum Gasteiger partial charge on any atom is 0.261 e. The third-order valence-electron chi connectivity index (χ3n) is 3.18. The summed E-state index contributed by atoms with van der Waals surface area (Å²) in [5.41, 5.74) is 5.79. The van der Waals surface area contributed by atoms with E-state index in [2.05, 4.69) is 9.71 Å². The molecule has 0 atom stereocenters. The number of sulfonamides is 1. The Labute approximate surface area is 112 Å². The van der Waals surface area contributed by atoms with Crippen molar-refractivity contribution in [3.05, 3.63) is 11.5 Å². The van der Waals surface area contributed by atoms with Crippen LogP contribution < -0.4 is 10.5 Å². The molecule has 2 rings (SSSR count). The fourth-order valence-electron chi connectivity index (χ4n) is 2.09. The Kier molecular flexibility index (Phi) is 3.96. The third-order valence-corrected chi connectivity index (χ3v) is 5.19. The third kappa shape index (κ3) is 2.85. The van der Waals surface area contributed by atoms with E-state index in [-0.39, 0.29) is 22.3 Å². The smallest absolute Gasteiger partial charge is 0.261 e. The molecule has 0 unspecified atom stereocenters. The first-order valence-electron chi connectivity index (χ1n) is 5.85. The summed E-state index contributed by atoms with van der Waals surface area (Å²) in [7, 11) is -2.00. The number of halogens is 1. The quantitative estimate of drug-likeness (QED) is 0.854. The van der Waals surface area contributed by atoms with Crippen molar-refractivity contribution in [3.8, 4) is 0 Å². The lowest BCUT2D eigenvalue weighted by molar-refractivity contribution is 0.373. The zero-order valence-electron chi connectivity index (χ0n) is 10.1. The van der Waals surface area contributed by atoms with E-state index >= 15 is 0 Å². The molecule has 18 heavy (non-hydrogen) atoms. The number of imidazole rings is 1. The fraction of sp³-hybridized carbons (Fsp3) is 0.700. The van der Waals surface area contributed by atoms with Gasteiger partial charge in [-0.15, -0.1) is 0 Å². The molecule has 1 aromatic heterocycles. The van der Waals surface area contributed by atoms with Gasteiger partial charge in [0.25, 0.3) is 10.0 Å². The fourth-order valence-corrected chi connectivity index (χ4v) is 3.82. The predicted octanol–water partition coefficient (Wildman–Crippen LogP) is 0.622. The highest BCUT2D eigenvalue weighted by Crippen LogP contribution is 2.22. The van der Waals surface area contributed by atoms with Crippen LogP contribution in [0.5, 0.6) is 0 Å². The summed E-state index contributed by atoms with van der Waals surface area (Å²) in [5, 5.41) is 0.0107. The molecule has 1 fully saturated rings. The van der Waals surface area contributed by atoms with Crippen molar-refractivity contribution >= 4 is 21.6 Å². The van der Waals surface area contributed by atoms with Gasteiger partial charge in [0.05, 0.1) is 6.33 Å². The minimum atomic E-state index is -3.64. The summed E-state index contributed by atoms with van der Waals surface area (Å²) in [4.78, 5) is 3.82. The lowest BCUT2D eigenvalue weighted by Crippen LogP contribution is -2.40. The number of nitrogens with zero attached hydrogens (tertiary/aromatic N) is 2. The molecule has 6 nitrogen and oxygen atoms in total. The summed E-state index contributed by atoms with van der Waals surface area (Å²) in [6, 6.07) is 0.108. The van der Waals surface area contributed by atoms with Crippen LogP contribution in [0.4, 0.5) is 0 Å². The largest absolute Gasteiger partial charge is 0.328 e. The molecule has 1 aliphatic rings. The highest BCUT2D eigenvalue weighted by Gasteiger charge is 2.27. The SMILES string of the molecule is Cn1cnc(S(=O)(=O)NC2CCC(N)CC2)c1Cl. The minimum absolute atomic E-state index is 0.0760. The van der Waals surface area contributed by atoms with E-state index in [0.29, 0.717) is 0 Å². The van der Waals surface area contributed by atoms with Crippen molar-refractivity contribution in [2.45, 2.75) is 42.8 Å². The molecule has 0 aromatic carbocycles. The van der Waals surface area contributed by atoms with Gasteiger partial charge in [-0.2, -0.15) is 0 Å². The predicted molar refractivity (Wildman–Crippen MR) is 68.8 cm³/mol. The van der Waals surface area contributed by atoms with E-state index in [9.17, 15) is 8.42 Å². The van der Waals surface area contributed by atoms with Gasteiger partial charge in [0.1, 0.15) is 5.15 Å². The van der Waals surface area contributed by atoms with Crippen molar-refractivity contribution in [1.29, 1.82) is 0 Å². The molecule has 0 amide bonds. The summed E-state index contributed by atoms with van der Waals surface area (Å²) < 4.78 is 28.3. The highest BCUT2D eigenvalue weighted by molar-refractivity contribution is 7.89. The van der Waals surface area contributed by atoms with Crippen molar-refractivity contribution in [3.63, 3.8) is 0 Å². The van der Waals surface area contributed by atoms with Crippen LogP contribution in [0.25, 0.3) is 0 Å². The number of hydrogen-bond acceptors (Lipinski definition) is 4. The Hall–Kier alpha value is -0.630. The van der Waals surface area contributed by atoms with Gasteiger partial charge in [-0.25, -0.2) is 18.1 Å². The summed E-state index contributed by atoms with van der Waals surface area (Å²) in [5.74, 6) is 0. The lowest BCUT2D eigenvalue weighted by atomic mass is 9.93. The van der Waals surface area contributed by atoms with Crippen LogP contribution in [-0.2, 0) is 17.1 Å². The van der Waals surface area contributed by atoms with Gasteiger partial charge in [0, 0.05) is 19.1 Å². The molecule has 8 heteroatoms. The number of aryl methyl sites for hydroxylation is 1. The maximum atomic E-state index is 12.1. The van der Waals surface area contributed by atoms with Crippen molar-refractivity contribution in [2.24, 2.45) is 12.8 Å². The first-order chi connectivity index (χ1) is 8.40. The van der Waals surface area contributed by atoms with Gasteiger partial charge in [0.15, 0.2) is 0 Å². The van der Waals surface area contributed by atoms with Crippen LogP contribution in [-0.4, -0.2) is 30.1 Å². The molecule has 0 spiro atoms. The number of nitrogens with two attached hydrogens (primary N) is 1. The number of aromatic nitrogens is 2. The monoisotopic (exact) mass is 292 g/mol. The topological polar surface area (TPSA) is 90.0 Å². The van der Waals surface area contributed by atoms with Gasteiger partial charge in [-0.3, -0.25) is 0 Å².